The van der Waals surface area contributed by atoms with Crippen molar-refractivity contribution in [3.8, 4) is 0 Å². The smallest absolute Gasteiger partial charge is 0.303 e. The highest BCUT2D eigenvalue weighted by Crippen LogP contribution is 2.11. The maximum atomic E-state index is 12.1. The van der Waals surface area contributed by atoms with E-state index in [0.29, 0.717) is 26.1 Å². The minimum atomic E-state index is -0.816. The van der Waals surface area contributed by atoms with Gasteiger partial charge in [0.15, 0.2) is 0 Å². The summed E-state index contributed by atoms with van der Waals surface area (Å²) >= 11 is 1.62. The zero-order valence-electron chi connectivity index (χ0n) is 11.4. The van der Waals surface area contributed by atoms with Crippen LogP contribution in [0.2, 0.25) is 0 Å². The minimum Gasteiger partial charge on any atom is -0.481 e. The molecule has 0 bridgehead atoms. The van der Waals surface area contributed by atoms with Gasteiger partial charge in [-0.15, -0.1) is 17.9 Å². The van der Waals surface area contributed by atoms with E-state index in [-0.39, 0.29) is 18.9 Å². The standard InChI is InChI=1S/C14H20N2O3S/c1-2-8-16(11-12-5-4-9-20-12)13(17)10-15-7-3-6-14(18)19/h2,4-5,9,15H,1,3,6-8,10-11H2,(H,18,19). The molecular formula is C14H20N2O3S. The van der Waals surface area contributed by atoms with E-state index >= 15 is 0 Å². The lowest BCUT2D eigenvalue weighted by molar-refractivity contribution is -0.137. The molecule has 6 heteroatoms. The Hall–Kier alpha value is -1.66. The predicted molar refractivity (Wildman–Crippen MR) is 79.7 cm³/mol. The molecule has 1 aromatic rings. The van der Waals surface area contributed by atoms with Gasteiger partial charge in [0.25, 0.3) is 0 Å². The molecule has 0 saturated carbocycles. The number of carboxylic acids is 1. The quantitative estimate of drug-likeness (QED) is 0.509. The molecule has 2 N–H and O–H groups in total. The Morgan fingerprint density at radius 3 is 2.90 bits per heavy atom. The highest BCUT2D eigenvalue weighted by molar-refractivity contribution is 7.09. The third-order valence-corrected chi connectivity index (χ3v) is 3.51. The predicted octanol–water partition coefficient (Wildman–Crippen LogP) is 1.72. The second kappa shape index (κ2) is 9.28. The average Bonchev–Trinajstić information content (AvgIpc) is 2.90. The molecular weight excluding hydrogens is 276 g/mol. The first-order valence-electron chi connectivity index (χ1n) is 6.47. The van der Waals surface area contributed by atoms with Gasteiger partial charge >= 0.3 is 5.97 Å². The number of hydrogen-bond donors (Lipinski definition) is 2. The molecule has 1 heterocycles. The third-order valence-electron chi connectivity index (χ3n) is 2.65. The second-order valence-electron chi connectivity index (χ2n) is 4.32. The molecule has 0 aliphatic carbocycles. The van der Waals surface area contributed by atoms with Crippen LogP contribution in [-0.4, -0.2) is 41.5 Å². The number of thiophene rings is 1. The molecule has 0 spiro atoms. The lowest BCUT2D eigenvalue weighted by atomic mass is 10.3. The molecule has 0 radical (unpaired) electrons. The molecule has 0 aromatic carbocycles. The van der Waals surface area contributed by atoms with E-state index in [4.69, 9.17) is 5.11 Å². The van der Waals surface area contributed by atoms with Crippen molar-refractivity contribution in [1.29, 1.82) is 0 Å². The van der Waals surface area contributed by atoms with Crippen molar-refractivity contribution in [3.63, 3.8) is 0 Å². The van der Waals surface area contributed by atoms with Crippen molar-refractivity contribution in [2.24, 2.45) is 0 Å². The summed E-state index contributed by atoms with van der Waals surface area (Å²) in [6, 6.07) is 3.95. The van der Waals surface area contributed by atoms with E-state index < -0.39 is 5.97 Å². The molecule has 0 fully saturated rings. The molecule has 20 heavy (non-hydrogen) atoms. The molecule has 0 aliphatic rings. The van der Waals surface area contributed by atoms with Gasteiger partial charge in [0.1, 0.15) is 0 Å². The Labute approximate surface area is 122 Å². The summed E-state index contributed by atoms with van der Waals surface area (Å²) in [6.07, 6.45) is 2.34. The zero-order valence-corrected chi connectivity index (χ0v) is 12.2. The van der Waals surface area contributed by atoms with Crippen LogP contribution in [0.5, 0.6) is 0 Å². The monoisotopic (exact) mass is 296 g/mol. The normalized spacial score (nSPS) is 10.2. The maximum absolute atomic E-state index is 12.1. The average molecular weight is 296 g/mol. The zero-order chi connectivity index (χ0) is 14.8. The number of aliphatic carboxylic acids is 1. The number of carbonyl (C=O) groups excluding carboxylic acids is 1. The lowest BCUT2D eigenvalue weighted by Gasteiger charge is -2.20. The van der Waals surface area contributed by atoms with Crippen LogP contribution in [-0.2, 0) is 16.1 Å². The van der Waals surface area contributed by atoms with Crippen LogP contribution in [0, 0.1) is 0 Å². The number of rotatable bonds is 10. The molecule has 0 atom stereocenters. The van der Waals surface area contributed by atoms with Crippen molar-refractivity contribution in [2.75, 3.05) is 19.6 Å². The van der Waals surface area contributed by atoms with Crippen molar-refractivity contribution in [3.05, 3.63) is 35.0 Å². The fourth-order valence-electron chi connectivity index (χ4n) is 1.67. The van der Waals surface area contributed by atoms with E-state index in [1.165, 1.54) is 0 Å². The molecule has 110 valence electrons. The maximum Gasteiger partial charge on any atom is 0.303 e. The first-order chi connectivity index (χ1) is 9.63. The molecule has 0 saturated heterocycles. The summed E-state index contributed by atoms with van der Waals surface area (Å²) in [7, 11) is 0. The Morgan fingerprint density at radius 2 is 2.30 bits per heavy atom. The van der Waals surface area contributed by atoms with E-state index in [1.807, 2.05) is 17.5 Å². The van der Waals surface area contributed by atoms with Gasteiger partial charge in [0.2, 0.25) is 5.91 Å². The molecule has 0 aliphatic heterocycles. The second-order valence-corrected chi connectivity index (χ2v) is 5.35. The summed E-state index contributed by atoms with van der Waals surface area (Å²) in [5.41, 5.74) is 0. The molecule has 0 unspecified atom stereocenters. The molecule has 5 nitrogen and oxygen atoms in total. The number of carboxylic acid groups (broad SMARTS) is 1. The first-order valence-corrected chi connectivity index (χ1v) is 7.35. The van der Waals surface area contributed by atoms with Crippen molar-refractivity contribution >= 4 is 23.2 Å². The van der Waals surface area contributed by atoms with E-state index in [2.05, 4.69) is 11.9 Å². The fourth-order valence-corrected chi connectivity index (χ4v) is 2.39. The molecule has 1 amide bonds. The summed E-state index contributed by atoms with van der Waals surface area (Å²) in [5, 5.41) is 13.5. The van der Waals surface area contributed by atoms with E-state index in [1.54, 1.807) is 22.3 Å². The van der Waals surface area contributed by atoms with E-state index in [9.17, 15) is 9.59 Å². The third kappa shape index (κ3) is 6.49. The summed E-state index contributed by atoms with van der Waals surface area (Å²) in [4.78, 5) is 25.3. The highest BCUT2D eigenvalue weighted by atomic mass is 32.1. The summed E-state index contributed by atoms with van der Waals surface area (Å²) in [6.45, 7) is 5.50. The Morgan fingerprint density at radius 1 is 1.50 bits per heavy atom. The van der Waals surface area contributed by atoms with Crippen LogP contribution in [0.3, 0.4) is 0 Å². The van der Waals surface area contributed by atoms with E-state index in [0.717, 1.165) is 4.88 Å². The Balaban J connectivity index is 2.32. The summed E-state index contributed by atoms with van der Waals surface area (Å²) in [5.74, 6) is -0.822. The number of amides is 1. The van der Waals surface area contributed by atoms with Gasteiger partial charge in [-0.05, 0) is 24.4 Å². The number of hydrogen-bond acceptors (Lipinski definition) is 4. The summed E-state index contributed by atoms with van der Waals surface area (Å²) < 4.78 is 0. The number of nitrogens with one attached hydrogen (secondary N) is 1. The van der Waals surface area contributed by atoms with Crippen LogP contribution in [0.1, 0.15) is 17.7 Å². The van der Waals surface area contributed by atoms with Gasteiger partial charge in [-0.2, -0.15) is 0 Å². The Bertz CT molecular complexity index is 432. The van der Waals surface area contributed by atoms with Crippen LogP contribution in [0.15, 0.2) is 30.2 Å². The van der Waals surface area contributed by atoms with Crippen LogP contribution in [0.25, 0.3) is 0 Å². The minimum absolute atomic E-state index is 0.00590. The highest BCUT2D eigenvalue weighted by Gasteiger charge is 2.12. The van der Waals surface area contributed by atoms with Gasteiger partial charge in [-0.3, -0.25) is 9.59 Å². The van der Waals surface area contributed by atoms with Gasteiger partial charge < -0.3 is 15.3 Å². The topological polar surface area (TPSA) is 69.6 Å². The number of carbonyl (C=O) groups is 2. The van der Waals surface area contributed by atoms with Crippen LogP contribution in [0.4, 0.5) is 0 Å². The Kier molecular flexibility index (Phi) is 7.60. The van der Waals surface area contributed by atoms with Crippen molar-refractivity contribution in [1.82, 2.24) is 10.2 Å². The van der Waals surface area contributed by atoms with Gasteiger partial charge in [0, 0.05) is 17.8 Å². The largest absolute Gasteiger partial charge is 0.481 e. The fraction of sp³-hybridized carbons (Fsp3) is 0.429. The van der Waals surface area contributed by atoms with Crippen molar-refractivity contribution in [2.45, 2.75) is 19.4 Å². The molecule has 1 rings (SSSR count). The SMILES string of the molecule is C=CCN(Cc1cccs1)C(=O)CNCCCC(=O)O. The molecule has 1 aromatic heterocycles. The van der Waals surface area contributed by atoms with Crippen LogP contribution >= 0.6 is 11.3 Å². The van der Waals surface area contributed by atoms with Crippen LogP contribution < -0.4 is 5.32 Å². The van der Waals surface area contributed by atoms with Gasteiger partial charge in [0.05, 0.1) is 13.1 Å². The van der Waals surface area contributed by atoms with Gasteiger partial charge in [-0.25, -0.2) is 0 Å². The lowest BCUT2D eigenvalue weighted by Crippen LogP contribution is -2.38. The number of nitrogens with zero attached hydrogens (tertiary/aromatic N) is 1. The van der Waals surface area contributed by atoms with Gasteiger partial charge in [-0.1, -0.05) is 12.1 Å². The van der Waals surface area contributed by atoms with Crippen molar-refractivity contribution < 1.29 is 14.7 Å². The first kappa shape index (κ1) is 16.4.